The fourth-order valence-electron chi connectivity index (χ4n) is 2.30. The van der Waals surface area contributed by atoms with E-state index in [4.69, 9.17) is 9.15 Å². The molecule has 0 N–H and O–H groups in total. The van der Waals surface area contributed by atoms with E-state index in [1.165, 1.54) is 11.8 Å². The van der Waals surface area contributed by atoms with Gasteiger partial charge in [-0.3, -0.25) is 9.36 Å². The monoisotopic (exact) mass is 291 g/mol. The van der Waals surface area contributed by atoms with Gasteiger partial charge in [-0.25, -0.2) is 0 Å². The molecule has 3 heterocycles. The molecule has 104 valence electrons. The van der Waals surface area contributed by atoms with Gasteiger partial charge in [0.15, 0.2) is 10.9 Å². The summed E-state index contributed by atoms with van der Waals surface area (Å²) in [5, 5.41) is 9.09. The van der Waals surface area contributed by atoms with Gasteiger partial charge in [0.25, 0.3) is 0 Å². The zero-order valence-corrected chi connectivity index (χ0v) is 11.5. The summed E-state index contributed by atoms with van der Waals surface area (Å²) in [6.07, 6.45) is 4.60. The summed E-state index contributed by atoms with van der Waals surface area (Å²) in [6, 6.07) is 4.13. The molecular formula is C13H13N3O3S. The predicted molar refractivity (Wildman–Crippen MR) is 71.2 cm³/mol. The number of cyclic esters (lactones) is 1. The van der Waals surface area contributed by atoms with Gasteiger partial charge in [0.05, 0.1) is 12.9 Å². The first-order valence-electron chi connectivity index (χ1n) is 6.65. The van der Waals surface area contributed by atoms with Crippen LogP contribution in [0.25, 0.3) is 11.6 Å². The second-order valence-corrected chi connectivity index (χ2v) is 6.12. The van der Waals surface area contributed by atoms with E-state index >= 15 is 0 Å². The number of esters is 1. The molecule has 6 nitrogen and oxygen atoms in total. The van der Waals surface area contributed by atoms with Gasteiger partial charge in [-0.2, -0.15) is 0 Å². The van der Waals surface area contributed by atoms with Crippen LogP contribution >= 0.6 is 11.8 Å². The molecule has 2 aromatic rings. The number of furan rings is 1. The summed E-state index contributed by atoms with van der Waals surface area (Å²) in [6.45, 7) is 0.499. The van der Waals surface area contributed by atoms with Crippen molar-refractivity contribution < 1.29 is 13.9 Å². The molecule has 4 rings (SSSR count). The quantitative estimate of drug-likeness (QED) is 0.805. The van der Waals surface area contributed by atoms with Gasteiger partial charge in [0, 0.05) is 12.5 Å². The normalized spacial score (nSPS) is 22.2. The zero-order valence-electron chi connectivity index (χ0n) is 10.7. The van der Waals surface area contributed by atoms with Crippen molar-refractivity contribution in [1.82, 2.24) is 14.8 Å². The first-order chi connectivity index (χ1) is 9.83. The van der Waals surface area contributed by atoms with Crippen molar-refractivity contribution in [3.8, 4) is 11.6 Å². The van der Waals surface area contributed by atoms with Crippen LogP contribution in [0, 0.1) is 0 Å². The van der Waals surface area contributed by atoms with Crippen molar-refractivity contribution in [2.75, 3.05) is 6.61 Å². The van der Waals surface area contributed by atoms with E-state index in [9.17, 15) is 4.79 Å². The molecule has 0 bridgehead atoms. The van der Waals surface area contributed by atoms with Crippen molar-refractivity contribution in [3.05, 3.63) is 18.4 Å². The molecule has 1 atom stereocenters. The van der Waals surface area contributed by atoms with Crippen molar-refractivity contribution in [3.63, 3.8) is 0 Å². The van der Waals surface area contributed by atoms with Crippen LogP contribution in [0.5, 0.6) is 0 Å². The summed E-state index contributed by atoms with van der Waals surface area (Å²) in [4.78, 5) is 11.6. The number of ether oxygens (including phenoxy) is 1. The van der Waals surface area contributed by atoms with Gasteiger partial charge < -0.3 is 9.15 Å². The standard InChI is InChI=1S/C13H13N3O3S/c17-12-10(5-7-19-12)20-13-15-14-11(9-2-1-6-18-9)16(13)8-3-4-8/h1-2,6,8,10H,3-5,7H2/t10-/m0/s1. The number of carbonyl (C=O) groups excluding carboxylic acids is 1. The van der Waals surface area contributed by atoms with E-state index in [1.807, 2.05) is 12.1 Å². The second-order valence-electron chi connectivity index (χ2n) is 4.95. The molecule has 0 spiro atoms. The third kappa shape index (κ3) is 2.02. The zero-order chi connectivity index (χ0) is 13.5. The average molecular weight is 291 g/mol. The molecule has 1 saturated heterocycles. The van der Waals surface area contributed by atoms with Gasteiger partial charge in [-0.1, -0.05) is 11.8 Å². The van der Waals surface area contributed by atoms with Crippen molar-refractivity contribution in [1.29, 1.82) is 0 Å². The van der Waals surface area contributed by atoms with Crippen molar-refractivity contribution in [2.45, 2.75) is 35.7 Å². The van der Waals surface area contributed by atoms with E-state index in [-0.39, 0.29) is 11.2 Å². The Morgan fingerprint density at radius 3 is 2.85 bits per heavy atom. The third-order valence-electron chi connectivity index (χ3n) is 3.45. The van der Waals surface area contributed by atoms with Gasteiger partial charge in [0.1, 0.15) is 5.25 Å². The molecule has 20 heavy (non-hydrogen) atoms. The van der Waals surface area contributed by atoms with Crippen molar-refractivity contribution >= 4 is 17.7 Å². The number of hydrogen-bond donors (Lipinski definition) is 0. The maximum Gasteiger partial charge on any atom is 0.319 e. The van der Waals surface area contributed by atoms with E-state index in [2.05, 4.69) is 14.8 Å². The number of hydrogen-bond acceptors (Lipinski definition) is 6. The molecule has 0 amide bonds. The van der Waals surface area contributed by atoms with Crippen LogP contribution in [-0.2, 0) is 9.53 Å². The van der Waals surface area contributed by atoms with Crippen LogP contribution in [0.2, 0.25) is 0 Å². The third-order valence-corrected chi connectivity index (χ3v) is 4.65. The maximum absolute atomic E-state index is 11.6. The molecule has 1 aliphatic carbocycles. The Hall–Kier alpha value is -1.76. The topological polar surface area (TPSA) is 70.2 Å². The highest BCUT2D eigenvalue weighted by Gasteiger charge is 2.34. The van der Waals surface area contributed by atoms with Gasteiger partial charge in [-0.15, -0.1) is 10.2 Å². The fraction of sp³-hybridized carbons (Fsp3) is 0.462. The lowest BCUT2D eigenvalue weighted by atomic mass is 10.4. The molecule has 2 aromatic heterocycles. The SMILES string of the molecule is O=C1OCC[C@@H]1Sc1nnc(-c2ccco2)n1C1CC1. The van der Waals surface area contributed by atoms with E-state index in [0.717, 1.165) is 30.2 Å². The molecule has 1 aliphatic heterocycles. The first kappa shape index (κ1) is 12.0. The molecule has 0 unspecified atom stereocenters. The lowest BCUT2D eigenvalue weighted by molar-refractivity contribution is -0.137. The van der Waals surface area contributed by atoms with Crippen LogP contribution < -0.4 is 0 Å². The Morgan fingerprint density at radius 2 is 2.20 bits per heavy atom. The van der Waals surface area contributed by atoms with Crippen LogP contribution in [-0.4, -0.2) is 32.6 Å². The Kier molecular flexibility index (Phi) is 2.80. The molecule has 2 fully saturated rings. The smallest absolute Gasteiger partial charge is 0.319 e. The molecule has 1 saturated carbocycles. The second kappa shape index (κ2) is 4.66. The lowest BCUT2D eigenvalue weighted by Crippen LogP contribution is -2.11. The minimum atomic E-state index is -0.166. The predicted octanol–water partition coefficient (Wildman–Crippen LogP) is 2.28. The summed E-state index contributed by atoms with van der Waals surface area (Å²) in [5.74, 6) is 1.30. The van der Waals surface area contributed by atoms with Crippen LogP contribution in [0.3, 0.4) is 0 Å². The summed E-state index contributed by atoms with van der Waals surface area (Å²) in [5.41, 5.74) is 0. The maximum atomic E-state index is 11.6. The highest BCUT2D eigenvalue weighted by atomic mass is 32.2. The number of rotatable bonds is 4. The Labute approximate surface area is 119 Å². The van der Waals surface area contributed by atoms with E-state index in [0.29, 0.717) is 18.4 Å². The van der Waals surface area contributed by atoms with Crippen molar-refractivity contribution in [2.24, 2.45) is 0 Å². The molecule has 7 heteroatoms. The largest absolute Gasteiger partial charge is 0.465 e. The number of carbonyl (C=O) groups is 1. The lowest BCUT2D eigenvalue weighted by Gasteiger charge is -2.08. The highest BCUT2D eigenvalue weighted by molar-refractivity contribution is 8.00. The van der Waals surface area contributed by atoms with Gasteiger partial charge >= 0.3 is 5.97 Å². The molecule has 0 radical (unpaired) electrons. The summed E-state index contributed by atoms with van der Waals surface area (Å²) >= 11 is 1.45. The Morgan fingerprint density at radius 1 is 1.30 bits per heavy atom. The number of aromatic nitrogens is 3. The highest BCUT2D eigenvalue weighted by Crippen LogP contribution is 2.42. The number of thioether (sulfide) groups is 1. The first-order valence-corrected chi connectivity index (χ1v) is 7.53. The Balaban J connectivity index is 1.68. The fourth-order valence-corrected chi connectivity index (χ4v) is 3.37. The van der Waals surface area contributed by atoms with Crippen LogP contribution in [0.15, 0.2) is 28.0 Å². The summed E-state index contributed by atoms with van der Waals surface area (Å²) < 4.78 is 12.5. The minimum absolute atomic E-state index is 0.153. The van der Waals surface area contributed by atoms with E-state index in [1.54, 1.807) is 6.26 Å². The van der Waals surface area contributed by atoms with Crippen LogP contribution in [0.4, 0.5) is 0 Å². The van der Waals surface area contributed by atoms with Gasteiger partial charge in [-0.05, 0) is 25.0 Å². The van der Waals surface area contributed by atoms with Gasteiger partial charge in [0.2, 0.25) is 5.82 Å². The Bertz CT molecular complexity index is 633. The van der Waals surface area contributed by atoms with Crippen LogP contribution in [0.1, 0.15) is 25.3 Å². The number of nitrogens with zero attached hydrogens (tertiary/aromatic N) is 3. The average Bonchev–Trinajstić information content (AvgIpc) is 2.88. The summed E-state index contributed by atoms with van der Waals surface area (Å²) in [7, 11) is 0. The molecule has 0 aromatic carbocycles. The van der Waals surface area contributed by atoms with E-state index < -0.39 is 0 Å². The molecule has 2 aliphatic rings. The minimum Gasteiger partial charge on any atom is -0.465 e. The molecular weight excluding hydrogens is 278 g/mol.